The maximum atomic E-state index is 9.16. The highest BCUT2D eigenvalue weighted by Gasteiger charge is 2.22. The lowest BCUT2D eigenvalue weighted by Crippen LogP contribution is -2.36. The van der Waals surface area contributed by atoms with E-state index in [4.69, 9.17) is 10.4 Å². The van der Waals surface area contributed by atoms with Crippen molar-refractivity contribution in [1.82, 2.24) is 5.32 Å². The molecule has 0 spiro atoms. The van der Waals surface area contributed by atoms with Crippen LogP contribution in [-0.4, -0.2) is 23.8 Å². The number of hydrogen-bond acceptors (Lipinski definition) is 3. The Morgan fingerprint density at radius 3 is 2.80 bits per heavy atom. The normalized spacial score (nSPS) is 29.1. The molecule has 0 aromatic heterocycles. The van der Waals surface area contributed by atoms with Gasteiger partial charge in [0, 0.05) is 6.04 Å². The van der Waals surface area contributed by atoms with E-state index in [1.165, 1.54) is 19.3 Å². The van der Waals surface area contributed by atoms with E-state index >= 15 is 0 Å². The number of aliphatic hydroxyl groups is 1. The Balaban J connectivity index is 2.32. The van der Waals surface area contributed by atoms with Gasteiger partial charge in [0.2, 0.25) is 0 Å². The maximum absolute atomic E-state index is 9.16. The average Bonchev–Trinajstić information content (AvgIpc) is 2.42. The van der Waals surface area contributed by atoms with Crippen LogP contribution >= 0.6 is 0 Å². The molecule has 0 aromatic rings. The van der Waals surface area contributed by atoms with Gasteiger partial charge in [-0.25, -0.2) is 0 Å². The molecule has 3 atom stereocenters. The number of rotatable bonds is 4. The van der Waals surface area contributed by atoms with Gasteiger partial charge in [0.05, 0.1) is 18.1 Å². The summed E-state index contributed by atoms with van der Waals surface area (Å²) in [6.45, 7) is 2.62. The van der Waals surface area contributed by atoms with Gasteiger partial charge >= 0.3 is 0 Å². The standard InChI is InChI=1S/C12H22N2O/c1-10(15)7-8-14-12-6-4-2-3-5-11(12)9-13/h10-12,14-15H,2-8H2,1H3. The molecule has 2 N–H and O–H groups in total. The van der Waals surface area contributed by atoms with Crippen LogP contribution in [0.1, 0.15) is 45.4 Å². The highest BCUT2D eigenvalue weighted by Crippen LogP contribution is 2.22. The van der Waals surface area contributed by atoms with Gasteiger partial charge in [0.15, 0.2) is 0 Å². The number of aliphatic hydroxyl groups excluding tert-OH is 1. The van der Waals surface area contributed by atoms with Crippen molar-refractivity contribution in [3.63, 3.8) is 0 Å². The van der Waals surface area contributed by atoms with Crippen molar-refractivity contribution in [3.05, 3.63) is 0 Å². The zero-order valence-corrected chi connectivity index (χ0v) is 9.58. The lowest BCUT2D eigenvalue weighted by atomic mass is 9.96. The second-order valence-electron chi connectivity index (χ2n) is 4.57. The summed E-state index contributed by atoms with van der Waals surface area (Å²) >= 11 is 0. The first-order valence-electron chi connectivity index (χ1n) is 6.05. The molecular formula is C12H22N2O. The van der Waals surface area contributed by atoms with Crippen molar-refractivity contribution < 1.29 is 5.11 Å². The topological polar surface area (TPSA) is 56.0 Å². The Hall–Kier alpha value is -0.590. The van der Waals surface area contributed by atoms with Crippen LogP contribution in [0.3, 0.4) is 0 Å². The van der Waals surface area contributed by atoms with E-state index in [-0.39, 0.29) is 12.0 Å². The third-order valence-corrected chi connectivity index (χ3v) is 3.15. The van der Waals surface area contributed by atoms with Crippen molar-refractivity contribution >= 4 is 0 Å². The van der Waals surface area contributed by atoms with Gasteiger partial charge < -0.3 is 10.4 Å². The van der Waals surface area contributed by atoms with Crippen LogP contribution < -0.4 is 5.32 Å². The fraction of sp³-hybridized carbons (Fsp3) is 0.917. The molecule has 0 saturated heterocycles. The van der Waals surface area contributed by atoms with Crippen LogP contribution in [0.2, 0.25) is 0 Å². The molecule has 1 aliphatic rings. The zero-order valence-electron chi connectivity index (χ0n) is 9.58. The third kappa shape index (κ3) is 4.63. The molecule has 1 saturated carbocycles. The molecule has 0 radical (unpaired) electrons. The largest absolute Gasteiger partial charge is 0.393 e. The van der Waals surface area contributed by atoms with Crippen molar-refractivity contribution in [2.45, 2.75) is 57.6 Å². The Labute approximate surface area is 92.5 Å². The Kier molecular flexibility index (Phi) is 5.67. The molecule has 0 aliphatic heterocycles. The smallest absolute Gasteiger partial charge is 0.0672 e. The minimum absolute atomic E-state index is 0.168. The highest BCUT2D eigenvalue weighted by atomic mass is 16.3. The van der Waals surface area contributed by atoms with E-state index in [1.807, 2.05) is 0 Å². The van der Waals surface area contributed by atoms with Crippen LogP contribution in [0.4, 0.5) is 0 Å². The number of nitrogens with zero attached hydrogens (tertiary/aromatic N) is 1. The molecule has 86 valence electrons. The first kappa shape index (κ1) is 12.5. The van der Waals surface area contributed by atoms with Crippen LogP contribution in [-0.2, 0) is 0 Å². The van der Waals surface area contributed by atoms with Gasteiger partial charge in [-0.3, -0.25) is 0 Å². The maximum Gasteiger partial charge on any atom is 0.0672 e. The number of nitriles is 1. The van der Waals surface area contributed by atoms with E-state index < -0.39 is 0 Å². The van der Waals surface area contributed by atoms with Gasteiger partial charge in [0.25, 0.3) is 0 Å². The molecule has 0 amide bonds. The molecule has 15 heavy (non-hydrogen) atoms. The van der Waals surface area contributed by atoms with Gasteiger partial charge in [-0.2, -0.15) is 5.26 Å². The van der Waals surface area contributed by atoms with E-state index in [0.29, 0.717) is 6.04 Å². The van der Waals surface area contributed by atoms with Crippen LogP contribution in [0.25, 0.3) is 0 Å². The monoisotopic (exact) mass is 210 g/mol. The summed E-state index contributed by atoms with van der Waals surface area (Å²) in [5, 5.41) is 21.6. The second kappa shape index (κ2) is 6.81. The second-order valence-corrected chi connectivity index (χ2v) is 4.57. The fourth-order valence-electron chi connectivity index (χ4n) is 2.18. The summed E-state index contributed by atoms with van der Waals surface area (Å²) in [6, 6.07) is 2.75. The fourth-order valence-corrected chi connectivity index (χ4v) is 2.18. The van der Waals surface area contributed by atoms with Crippen molar-refractivity contribution in [1.29, 1.82) is 5.26 Å². The van der Waals surface area contributed by atoms with Gasteiger partial charge in [-0.1, -0.05) is 19.3 Å². The van der Waals surface area contributed by atoms with Gasteiger partial charge in [0.1, 0.15) is 0 Å². The molecule has 0 heterocycles. The highest BCUT2D eigenvalue weighted by molar-refractivity contribution is 4.93. The van der Waals surface area contributed by atoms with Crippen LogP contribution in [0, 0.1) is 17.2 Å². The van der Waals surface area contributed by atoms with Gasteiger partial charge in [-0.05, 0) is 32.7 Å². The van der Waals surface area contributed by atoms with E-state index in [9.17, 15) is 0 Å². The van der Waals surface area contributed by atoms with E-state index in [2.05, 4.69) is 11.4 Å². The lowest BCUT2D eigenvalue weighted by molar-refractivity contribution is 0.180. The zero-order chi connectivity index (χ0) is 11.1. The summed E-state index contributed by atoms with van der Waals surface area (Å²) < 4.78 is 0. The summed E-state index contributed by atoms with van der Waals surface area (Å²) in [5.41, 5.74) is 0. The molecule has 3 unspecified atom stereocenters. The quantitative estimate of drug-likeness (QED) is 0.696. The molecule has 1 fully saturated rings. The molecule has 3 nitrogen and oxygen atoms in total. The summed E-state index contributed by atoms with van der Waals surface area (Å²) in [4.78, 5) is 0. The number of nitrogens with one attached hydrogen (secondary N) is 1. The predicted molar refractivity (Wildman–Crippen MR) is 60.3 cm³/mol. The molecule has 1 aliphatic carbocycles. The summed E-state index contributed by atoms with van der Waals surface area (Å²) in [7, 11) is 0. The average molecular weight is 210 g/mol. The Morgan fingerprint density at radius 2 is 2.13 bits per heavy atom. The predicted octanol–water partition coefficient (Wildman–Crippen LogP) is 1.82. The van der Waals surface area contributed by atoms with Crippen molar-refractivity contribution in [2.75, 3.05) is 6.54 Å². The lowest BCUT2D eigenvalue weighted by Gasteiger charge is -2.21. The minimum Gasteiger partial charge on any atom is -0.393 e. The minimum atomic E-state index is -0.246. The van der Waals surface area contributed by atoms with E-state index in [0.717, 1.165) is 25.8 Å². The first-order chi connectivity index (χ1) is 7.24. The van der Waals surface area contributed by atoms with Crippen LogP contribution in [0.5, 0.6) is 0 Å². The van der Waals surface area contributed by atoms with Crippen molar-refractivity contribution in [2.24, 2.45) is 5.92 Å². The van der Waals surface area contributed by atoms with Gasteiger partial charge in [-0.15, -0.1) is 0 Å². The summed E-state index contributed by atoms with van der Waals surface area (Å²) in [6.07, 6.45) is 6.34. The molecule has 1 rings (SSSR count). The summed E-state index contributed by atoms with van der Waals surface area (Å²) in [5.74, 6) is 0.168. The Bertz CT molecular complexity index is 210. The molecule has 0 bridgehead atoms. The first-order valence-corrected chi connectivity index (χ1v) is 6.05. The van der Waals surface area contributed by atoms with Crippen molar-refractivity contribution in [3.8, 4) is 6.07 Å². The van der Waals surface area contributed by atoms with Crippen LogP contribution in [0.15, 0.2) is 0 Å². The molecule has 0 aromatic carbocycles. The molecular weight excluding hydrogens is 188 g/mol. The molecule has 3 heteroatoms. The Morgan fingerprint density at radius 1 is 1.40 bits per heavy atom. The third-order valence-electron chi connectivity index (χ3n) is 3.15. The SMILES string of the molecule is CC(O)CCNC1CCCCCC1C#N. The van der Waals surface area contributed by atoms with E-state index in [1.54, 1.807) is 6.92 Å². The number of hydrogen-bond donors (Lipinski definition) is 2.